The molecule has 0 radical (unpaired) electrons. The molecule has 8 nitrogen and oxygen atoms in total. The third-order valence-corrected chi connectivity index (χ3v) is 8.82. The van der Waals surface area contributed by atoms with Crippen molar-refractivity contribution in [2.75, 3.05) is 26.7 Å². The molecule has 2 bridgehead atoms. The molecule has 1 aromatic carbocycles. The molecule has 3 fully saturated rings. The highest BCUT2D eigenvalue weighted by atomic mass is 79.9. The highest BCUT2D eigenvalue weighted by Gasteiger charge is 2.77. The lowest BCUT2D eigenvalue weighted by Gasteiger charge is -2.39. The van der Waals surface area contributed by atoms with Crippen LogP contribution >= 0.6 is 15.9 Å². The second-order valence-corrected chi connectivity index (χ2v) is 11.3. The van der Waals surface area contributed by atoms with Gasteiger partial charge in [0.2, 0.25) is 17.7 Å². The second-order valence-electron chi connectivity index (χ2n) is 10.2. The second kappa shape index (κ2) is 11.1. The largest absolute Gasteiger partial charge is 0.394 e. The summed E-state index contributed by atoms with van der Waals surface area (Å²) in [6, 6.07) is 8.11. The number of carbonyl (C=O) groups is 3. The number of halogens is 1. The number of ether oxygens (including phenoxy) is 1. The molecule has 0 saturated carbocycles. The molecule has 3 saturated heterocycles. The van der Waals surface area contributed by atoms with Gasteiger partial charge in [0.25, 0.3) is 0 Å². The molecule has 0 aromatic heterocycles. The Kier molecular flexibility index (Phi) is 8.26. The third-order valence-electron chi connectivity index (χ3n) is 7.98. The van der Waals surface area contributed by atoms with Crippen molar-refractivity contribution in [1.82, 2.24) is 14.7 Å². The number of rotatable bonds is 11. The minimum absolute atomic E-state index is 0.186. The minimum Gasteiger partial charge on any atom is -0.394 e. The van der Waals surface area contributed by atoms with Gasteiger partial charge in [-0.15, -0.1) is 13.2 Å². The van der Waals surface area contributed by atoms with Crippen LogP contribution in [-0.2, 0) is 25.7 Å². The van der Waals surface area contributed by atoms with Crippen LogP contribution in [0, 0.1) is 11.8 Å². The predicted molar refractivity (Wildman–Crippen MR) is 144 cm³/mol. The summed E-state index contributed by atoms with van der Waals surface area (Å²) in [6.07, 6.45) is 3.66. The summed E-state index contributed by atoms with van der Waals surface area (Å²) in [7, 11) is 1.68. The zero-order valence-corrected chi connectivity index (χ0v) is 23.0. The lowest BCUT2D eigenvalue weighted by atomic mass is 9.70. The molecule has 3 aliphatic heterocycles. The highest BCUT2D eigenvalue weighted by Crippen LogP contribution is 2.60. The molecule has 1 aromatic rings. The first-order chi connectivity index (χ1) is 17.7. The van der Waals surface area contributed by atoms with Crippen LogP contribution in [0.15, 0.2) is 55.6 Å². The fourth-order valence-electron chi connectivity index (χ4n) is 6.34. The van der Waals surface area contributed by atoms with Crippen LogP contribution in [0.4, 0.5) is 0 Å². The van der Waals surface area contributed by atoms with E-state index in [0.717, 1.165) is 5.56 Å². The zero-order chi connectivity index (χ0) is 26.9. The van der Waals surface area contributed by atoms with Crippen molar-refractivity contribution in [3.8, 4) is 0 Å². The van der Waals surface area contributed by atoms with E-state index in [2.05, 4.69) is 29.1 Å². The molecule has 3 heterocycles. The Bertz CT molecular complexity index is 1050. The Morgan fingerprint density at radius 3 is 2.51 bits per heavy atom. The van der Waals surface area contributed by atoms with E-state index in [4.69, 9.17) is 4.74 Å². The quantitative estimate of drug-likeness (QED) is 0.324. The molecule has 37 heavy (non-hydrogen) atoms. The maximum atomic E-state index is 14.4. The van der Waals surface area contributed by atoms with E-state index in [0.29, 0.717) is 25.9 Å². The van der Waals surface area contributed by atoms with E-state index in [1.54, 1.807) is 29.0 Å². The van der Waals surface area contributed by atoms with Gasteiger partial charge in [-0.3, -0.25) is 14.4 Å². The smallest absolute Gasteiger partial charge is 0.249 e. The van der Waals surface area contributed by atoms with Crippen LogP contribution in [0.1, 0.15) is 25.3 Å². The van der Waals surface area contributed by atoms with Gasteiger partial charge < -0.3 is 24.5 Å². The maximum absolute atomic E-state index is 14.4. The Morgan fingerprint density at radius 1 is 1.24 bits per heavy atom. The van der Waals surface area contributed by atoms with Crippen molar-refractivity contribution in [3.05, 3.63) is 61.2 Å². The monoisotopic (exact) mass is 573 g/mol. The molecule has 200 valence electrons. The van der Waals surface area contributed by atoms with Crippen molar-refractivity contribution < 1.29 is 24.2 Å². The number of alkyl halides is 1. The number of likely N-dealkylation sites (N-methyl/N-ethyl adjacent to an activating group) is 1. The van der Waals surface area contributed by atoms with E-state index in [9.17, 15) is 19.5 Å². The van der Waals surface area contributed by atoms with Crippen LogP contribution in [0.25, 0.3) is 0 Å². The van der Waals surface area contributed by atoms with E-state index < -0.39 is 35.6 Å². The van der Waals surface area contributed by atoms with Crippen LogP contribution in [0.2, 0.25) is 0 Å². The Hall–Kier alpha value is -2.49. The summed E-state index contributed by atoms with van der Waals surface area (Å²) in [6.45, 7) is 10.1. The van der Waals surface area contributed by atoms with Crippen LogP contribution in [-0.4, -0.2) is 92.9 Å². The molecule has 3 amide bonds. The number of nitrogens with zero attached hydrogens (tertiary/aromatic N) is 3. The molecule has 1 N–H and O–H groups in total. The van der Waals surface area contributed by atoms with Gasteiger partial charge in [0.05, 0.1) is 30.6 Å². The minimum atomic E-state index is -1.17. The Labute approximate surface area is 227 Å². The fraction of sp³-hybridized carbons (Fsp3) is 0.536. The van der Waals surface area contributed by atoms with Gasteiger partial charge in [-0.2, -0.15) is 0 Å². The van der Waals surface area contributed by atoms with Gasteiger partial charge in [0, 0.05) is 31.5 Å². The molecular weight excluding hydrogens is 538 g/mol. The van der Waals surface area contributed by atoms with E-state index >= 15 is 0 Å². The number of carbonyl (C=O) groups excluding carboxylic acids is 3. The fourth-order valence-corrected chi connectivity index (χ4v) is 7.28. The van der Waals surface area contributed by atoms with Crippen molar-refractivity contribution >= 4 is 33.7 Å². The first-order valence-corrected chi connectivity index (χ1v) is 13.7. The average molecular weight is 575 g/mol. The SMILES string of the molecule is C=CCN(C)C(=O)[C@H]1[C@H]2C(=O)N([C@@H](CC)CO)C(C(=O)N(CC=C)Cc3ccccc3)C23CC(Br)[C@@H]1O3. The van der Waals surface area contributed by atoms with Gasteiger partial charge in [0.15, 0.2) is 0 Å². The van der Waals surface area contributed by atoms with Gasteiger partial charge >= 0.3 is 0 Å². The predicted octanol–water partition coefficient (Wildman–Crippen LogP) is 2.36. The number of benzene rings is 1. The molecular formula is C28H36BrN3O5. The van der Waals surface area contributed by atoms with Crippen molar-refractivity contribution in [2.24, 2.45) is 11.8 Å². The number of aliphatic hydroxyl groups excluding tert-OH is 1. The molecule has 9 heteroatoms. The summed E-state index contributed by atoms with van der Waals surface area (Å²) in [5.41, 5.74) is -0.216. The van der Waals surface area contributed by atoms with Crippen LogP contribution in [0.5, 0.6) is 0 Å². The van der Waals surface area contributed by atoms with Gasteiger partial charge in [-0.25, -0.2) is 0 Å². The number of hydrogen-bond acceptors (Lipinski definition) is 5. The lowest BCUT2D eigenvalue weighted by Crippen LogP contribution is -2.58. The summed E-state index contributed by atoms with van der Waals surface area (Å²) in [4.78, 5) is 46.6. The summed E-state index contributed by atoms with van der Waals surface area (Å²) in [5.74, 6) is -2.30. The van der Waals surface area contributed by atoms with Gasteiger partial charge in [0.1, 0.15) is 11.6 Å². The molecule has 0 aliphatic carbocycles. The van der Waals surface area contributed by atoms with Crippen molar-refractivity contribution in [3.63, 3.8) is 0 Å². The number of likely N-dealkylation sites (tertiary alicyclic amines) is 1. The van der Waals surface area contributed by atoms with Gasteiger partial charge in [-0.1, -0.05) is 65.3 Å². The Balaban J connectivity index is 1.78. The third kappa shape index (κ3) is 4.55. The molecule has 3 unspecified atom stereocenters. The van der Waals surface area contributed by atoms with Crippen LogP contribution < -0.4 is 0 Å². The number of fused-ring (bicyclic) bond motifs is 1. The first kappa shape index (κ1) is 27.5. The maximum Gasteiger partial charge on any atom is 0.249 e. The molecule has 4 rings (SSSR count). The standard InChI is InChI=1S/C28H36BrN3O5/c1-5-13-30(4)25(34)21-22-26(35)32(19(7-3)17-33)24(28(22)15-20(29)23(21)37-28)27(36)31(14-6-2)16-18-11-9-8-10-12-18/h5-6,8-12,19-24,33H,1-2,7,13-17H2,3-4H3/t19-,20?,21-,22-,23-,24?,28?/m0/s1. The van der Waals surface area contributed by atoms with Crippen LogP contribution in [0.3, 0.4) is 0 Å². The highest BCUT2D eigenvalue weighted by molar-refractivity contribution is 9.09. The average Bonchev–Trinajstić information content (AvgIpc) is 3.48. The van der Waals surface area contributed by atoms with E-state index in [-0.39, 0.29) is 35.7 Å². The van der Waals surface area contributed by atoms with Crippen molar-refractivity contribution in [2.45, 2.75) is 54.9 Å². The summed E-state index contributed by atoms with van der Waals surface area (Å²) in [5, 5.41) is 10.2. The topological polar surface area (TPSA) is 90.4 Å². The first-order valence-electron chi connectivity index (χ1n) is 12.8. The number of amides is 3. The summed E-state index contributed by atoms with van der Waals surface area (Å²) < 4.78 is 6.57. The summed E-state index contributed by atoms with van der Waals surface area (Å²) >= 11 is 3.70. The molecule has 7 atom stereocenters. The number of hydrogen-bond donors (Lipinski definition) is 1. The lowest BCUT2D eigenvalue weighted by molar-refractivity contribution is -0.152. The normalized spacial score (nSPS) is 30.6. The van der Waals surface area contributed by atoms with E-state index in [1.807, 2.05) is 37.3 Å². The van der Waals surface area contributed by atoms with E-state index in [1.165, 1.54) is 4.90 Å². The number of aliphatic hydroxyl groups is 1. The zero-order valence-electron chi connectivity index (χ0n) is 21.5. The molecule has 1 spiro atoms. The van der Waals surface area contributed by atoms with Crippen molar-refractivity contribution in [1.29, 1.82) is 0 Å². The van der Waals surface area contributed by atoms with Gasteiger partial charge in [-0.05, 0) is 18.4 Å². The molecule has 3 aliphatic rings. The Morgan fingerprint density at radius 2 is 1.92 bits per heavy atom.